The lowest BCUT2D eigenvalue weighted by Gasteiger charge is -2.40. The summed E-state index contributed by atoms with van der Waals surface area (Å²) in [5.41, 5.74) is 1.31. The maximum absolute atomic E-state index is 12.7. The van der Waals surface area contributed by atoms with Gasteiger partial charge in [0, 0.05) is 24.8 Å². The van der Waals surface area contributed by atoms with Crippen molar-refractivity contribution in [1.82, 2.24) is 20.2 Å². The topological polar surface area (TPSA) is 58.1 Å². The number of aryl methyl sites for hydroxylation is 1. The highest BCUT2D eigenvalue weighted by Crippen LogP contribution is 2.25. The van der Waals surface area contributed by atoms with Crippen LogP contribution in [0.25, 0.3) is 0 Å². The molecule has 0 aliphatic carbocycles. The molecule has 2 fully saturated rings. The number of hydrogen-bond acceptors (Lipinski definition) is 4. The van der Waals surface area contributed by atoms with Crippen LogP contribution in [0.4, 0.5) is 0 Å². The average Bonchev–Trinajstić information content (AvgIpc) is 2.72. The Hall–Kier alpha value is -1.49. The van der Waals surface area contributed by atoms with Crippen molar-refractivity contribution < 1.29 is 4.79 Å². The molecule has 1 aromatic heterocycles. The van der Waals surface area contributed by atoms with E-state index >= 15 is 0 Å². The van der Waals surface area contributed by atoms with Crippen molar-refractivity contribution in [2.45, 2.75) is 51.1 Å². The zero-order valence-electron chi connectivity index (χ0n) is 12.0. The second-order valence-corrected chi connectivity index (χ2v) is 5.81. The van der Waals surface area contributed by atoms with Crippen LogP contribution >= 0.6 is 0 Å². The number of nitrogens with one attached hydrogen (secondary N) is 1. The molecule has 5 heteroatoms. The molecular weight excluding hydrogens is 252 g/mol. The molecular formula is C15H22N4O. The summed E-state index contributed by atoms with van der Waals surface area (Å²) in [5.74, 6) is 0.0379. The number of rotatable bonds is 1. The van der Waals surface area contributed by atoms with E-state index < -0.39 is 0 Å². The first kappa shape index (κ1) is 13.5. The van der Waals surface area contributed by atoms with Crippen LogP contribution in [0.3, 0.4) is 0 Å². The molecule has 0 unspecified atom stereocenters. The van der Waals surface area contributed by atoms with Crippen LogP contribution in [0.15, 0.2) is 12.4 Å². The van der Waals surface area contributed by atoms with Gasteiger partial charge in [-0.1, -0.05) is 6.42 Å². The Labute approximate surface area is 119 Å². The van der Waals surface area contributed by atoms with Gasteiger partial charge < -0.3 is 10.2 Å². The summed E-state index contributed by atoms with van der Waals surface area (Å²) in [6, 6.07) is 0.774. The number of amides is 1. The zero-order valence-corrected chi connectivity index (χ0v) is 12.0. The summed E-state index contributed by atoms with van der Waals surface area (Å²) in [6.07, 6.45) is 9.01. The van der Waals surface area contributed by atoms with Crippen molar-refractivity contribution in [2.75, 3.05) is 13.1 Å². The van der Waals surface area contributed by atoms with Crippen molar-refractivity contribution in [3.8, 4) is 0 Å². The molecule has 2 saturated heterocycles. The first-order valence-electron chi connectivity index (χ1n) is 7.59. The molecule has 2 aliphatic heterocycles. The maximum atomic E-state index is 12.7. The van der Waals surface area contributed by atoms with E-state index in [1.54, 1.807) is 12.4 Å². The molecule has 0 radical (unpaired) electrons. The lowest BCUT2D eigenvalue weighted by Crippen LogP contribution is -2.55. The third-order valence-corrected chi connectivity index (χ3v) is 4.37. The Balaban J connectivity index is 1.80. The highest BCUT2D eigenvalue weighted by atomic mass is 16.2. The van der Waals surface area contributed by atoms with Crippen LogP contribution in [0, 0.1) is 6.92 Å². The molecule has 3 rings (SSSR count). The predicted molar refractivity (Wildman–Crippen MR) is 76.5 cm³/mol. The molecule has 20 heavy (non-hydrogen) atoms. The maximum Gasteiger partial charge on any atom is 0.274 e. The fourth-order valence-corrected chi connectivity index (χ4v) is 3.32. The molecule has 1 aromatic rings. The Kier molecular flexibility index (Phi) is 3.96. The molecule has 108 valence electrons. The van der Waals surface area contributed by atoms with Gasteiger partial charge >= 0.3 is 0 Å². The van der Waals surface area contributed by atoms with Gasteiger partial charge in [-0.3, -0.25) is 9.78 Å². The Morgan fingerprint density at radius 1 is 1.25 bits per heavy atom. The standard InChI is InChI=1S/C15H22N4O/c1-11-9-18-13(10-17-11)15(20)19-8-4-5-12-14(19)6-2-3-7-16-12/h9-10,12,14,16H,2-8H2,1H3/t12-,14+/m1/s1. The van der Waals surface area contributed by atoms with Crippen LogP contribution in [0.2, 0.25) is 0 Å². The highest BCUT2D eigenvalue weighted by molar-refractivity contribution is 5.92. The number of nitrogens with zero attached hydrogens (tertiary/aromatic N) is 3. The molecule has 0 aromatic carbocycles. The van der Waals surface area contributed by atoms with Gasteiger partial charge in [-0.25, -0.2) is 4.98 Å². The predicted octanol–water partition coefficient (Wildman–Crippen LogP) is 1.53. The molecule has 0 bridgehead atoms. The summed E-state index contributed by atoms with van der Waals surface area (Å²) < 4.78 is 0. The van der Waals surface area contributed by atoms with E-state index in [0.717, 1.165) is 31.6 Å². The van der Waals surface area contributed by atoms with Crippen molar-refractivity contribution in [3.63, 3.8) is 0 Å². The van der Waals surface area contributed by atoms with Crippen LogP contribution in [0.5, 0.6) is 0 Å². The van der Waals surface area contributed by atoms with Gasteiger partial charge in [0.25, 0.3) is 5.91 Å². The van der Waals surface area contributed by atoms with Gasteiger partial charge in [-0.05, 0) is 39.2 Å². The van der Waals surface area contributed by atoms with E-state index in [1.807, 2.05) is 11.8 Å². The first-order chi connectivity index (χ1) is 9.75. The average molecular weight is 274 g/mol. The Morgan fingerprint density at radius 2 is 2.15 bits per heavy atom. The molecule has 2 aliphatic rings. The van der Waals surface area contributed by atoms with Gasteiger partial charge in [0.05, 0.1) is 11.9 Å². The number of fused-ring (bicyclic) bond motifs is 1. The Morgan fingerprint density at radius 3 is 2.95 bits per heavy atom. The molecule has 0 spiro atoms. The number of carbonyl (C=O) groups excluding carboxylic acids is 1. The first-order valence-corrected chi connectivity index (χ1v) is 7.59. The normalized spacial score (nSPS) is 26.8. The largest absolute Gasteiger partial charge is 0.333 e. The molecule has 1 amide bonds. The third-order valence-electron chi connectivity index (χ3n) is 4.37. The monoisotopic (exact) mass is 274 g/mol. The second-order valence-electron chi connectivity index (χ2n) is 5.81. The van der Waals surface area contributed by atoms with Gasteiger partial charge in [0.15, 0.2) is 0 Å². The molecule has 1 N–H and O–H groups in total. The number of hydrogen-bond donors (Lipinski definition) is 1. The quantitative estimate of drug-likeness (QED) is 0.844. The lowest BCUT2D eigenvalue weighted by molar-refractivity contribution is 0.0540. The van der Waals surface area contributed by atoms with Crippen molar-refractivity contribution in [1.29, 1.82) is 0 Å². The van der Waals surface area contributed by atoms with E-state index in [-0.39, 0.29) is 5.91 Å². The summed E-state index contributed by atoms with van der Waals surface area (Å²) in [4.78, 5) is 23.1. The second kappa shape index (κ2) is 5.87. The third kappa shape index (κ3) is 2.68. The summed E-state index contributed by atoms with van der Waals surface area (Å²) >= 11 is 0. The van der Waals surface area contributed by atoms with E-state index in [2.05, 4.69) is 15.3 Å². The number of carbonyl (C=O) groups is 1. The molecule has 0 saturated carbocycles. The van der Waals surface area contributed by atoms with Gasteiger partial charge in [-0.2, -0.15) is 0 Å². The molecule has 2 atom stereocenters. The van der Waals surface area contributed by atoms with E-state index in [1.165, 1.54) is 19.3 Å². The van der Waals surface area contributed by atoms with E-state index in [9.17, 15) is 4.79 Å². The fourth-order valence-electron chi connectivity index (χ4n) is 3.32. The summed E-state index contributed by atoms with van der Waals surface area (Å²) in [6.45, 7) is 3.80. The Bertz CT molecular complexity index is 473. The van der Waals surface area contributed by atoms with Crippen molar-refractivity contribution in [3.05, 3.63) is 23.8 Å². The summed E-state index contributed by atoms with van der Waals surface area (Å²) in [7, 11) is 0. The minimum absolute atomic E-state index is 0.0379. The van der Waals surface area contributed by atoms with Crippen molar-refractivity contribution >= 4 is 5.91 Å². The molecule has 3 heterocycles. The zero-order chi connectivity index (χ0) is 13.9. The summed E-state index contributed by atoms with van der Waals surface area (Å²) in [5, 5.41) is 3.60. The van der Waals surface area contributed by atoms with Crippen LogP contribution in [-0.2, 0) is 0 Å². The van der Waals surface area contributed by atoms with Crippen LogP contribution in [-0.4, -0.2) is 45.9 Å². The SMILES string of the molecule is Cc1cnc(C(=O)N2CCC[C@H]3NCCCC[C@@H]32)cn1. The van der Waals surface area contributed by atoms with Crippen LogP contribution < -0.4 is 5.32 Å². The van der Waals surface area contributed by atoms with Crippen molar-refractivity contribution in [2.24, 2.45) is 0 Å². The number of likely N-dealkylation sites (tertiary alicyclic amines) is 1. The van der Waals surface area contributed by atoms with Gasteiger partial charge in [0.2, 0.25) is 0 Å². The smallest absolute Gasteiger partial charge is 0.274 e. The fraction of sp³-hybridized carbons (Fsp3) is 0.667. The van der Waals surface area contributed by atoms with Gasteiger partial charge in [0.1, 0.15) is 5.69 Å². The minimum atomic E-state index is 0.0379. The van der Waals surface area contributed by atoms with Crippen LogP contribution in [0.1, 0.15) is 48.3 Å². The van der Waals surface area contributed by atoms with E-state index in [0.29, 0.717) is 17.8 Å². The number of aromatic nitrogens is 2. The lowest BCUT2D eigenvalue weighted by atomic mass is 9.93. The highest BCUT2D eigenvalue weighted by Gasteiger charge is 2.35. The number of piperidine rings is 1. The van der Waals surface area contributed by atoms with Gasteiger partial charge in [-0.15, -0.1) is 0 Å². The van der Waals surface area contributed by atoms with E-state index in [4.69, 9.17) is 0 Å². The molecule has 5 nitrogen and oxygen atoms in total. The minimum Gasteiger partial charge on any atom is -0.333 e.